The minimum absolute atomic E-state index is 0.215. The maximum Gasteiger partial charge on any atom is 0.159 e. The third-order valence-corrected chi connectivity index (χ3v) is 5.42. The van der Waals surface area contributed by atoms with Crippen molar-refractivity contribution < 1.29 is 9.84 Å². The average Bonchev–Trinajstić information content (AvgIpc) is 2.73. The number of ether oxygens (including phenoxy) is 1. The molecule has 2 heterocycles. The highest BCUT2D eigenvalue weighted by Gasteiger charge is 2.21. The maximum atomic E-state index is 9.77. The van der Waals surface area contributed by atoms with Crippen molar-refractivity contribution in [2.24, 2.45) is 0 Å². The van der Waals surface area contributed by atoms with Gasteiger partial charge in [0, 0.05) is 30.4 Å². The van der Waals surface area contributed by atoms with E-state index in [4.69, 9.17) is 16.3 Å². The quantitative estimate of drug-likeness (QED) is 0.680. The van der Waals surface area contributed by atoms with Crippen LogP contribution >= 0.6 is 11.6 Å². The van der Waals surface area contributed by atoms with Gasteiger partial charge in [0.2, 0.25) is 0 Å². The van der Waals surface area contributed by atoms with Crippen molar-refractivity contribution in [2.75, 3.05) is 30.4 Å². The molecule has 0 unspecified atom stereocenters. The molecule has 0 saturated carbocycles. The smallest absolute Gasteiger partial charge is 0.159 e. The lowest BCUT2D eigenvalue weighted by Gasteiger charge is -2.31. The standard InChI is InChI=1S/C21H23ClN4O2/c1-28-19-12-14(6-7-18(19)22)13-23-20-16-4-2-3-5-17(16)21(25-24-20)26-10-8-15(27)9-11-26/h2-7,12,15,27H,8-11,13H2,1H3,(H,23,24). The molecule has 146 valence electrons. The number of aliphatic hydroxyl groups excluding tert-OH is 1. The Morgan fingerprint density at radius 3 is 2.64 bits per heavy atom. The second kappa shape index (κ2) is 8.20. The molecule has 0 aliphatic carbocycles. The maximum absolute atomic E-state index is 9.77. The molecule has 28 heavy (non-hydrogen) atoms. The SMILES string of the molecule is COc1cc(CNc2nnc(N3CCC(O)CC3)c3ccccc23)ccc1Cl. The fraction of sp³-hybridized carbons (Fsp3) is 0.333. The van der Waals surface area contributed by atoms with Crippen LogP contribution in [0.3, 0.4) is 0 Å². The molecule has 4 rings (SSSR count). The summed E-state index contributed by atoms with van der Waals surface area (Å²) in [6.45, 7) is 2.16. The van der Waals surface area contributed by atoms with Crippen LogP contribution < -0.4 is 15.0 Å². The largest absolute Gasteiger partial charge is 0.495 e. The van der Waals surface area contributed by atoms with Gasteiger partial charge in [0.15, 0.2) is 11.6 Å². The van der Waals surface area contributed by atoms with Crippen LogP contribution in [0.15, 0.2) is 42.5 Å². The highest BCUT2D eigenvalue weighted by atomic mass is 35.5. The van der Waals surface area contributed by atoms with Gasteiger partial charge in [-0.1, -0.05) is 41.9 Å². The summed E-state index contributed by atoms with van der Waals surface area (Å²) in [5, 5.41) is 24.8. The highest BCUT2D eigenvalue weighted by molar-refractivity contribution is 6.32. The van der Waals surface area contributed by atoms with E-state index in [9.17, 15) is 5.11 Å². The number of hydrogen-bond donors (Lipinski definition) is 2. The monoisotopic (exact) mass is 398 g/mol. The minimum Gasteiger partial charge on any atom is -0.495 e. The Morgan fingerprint density at radius 1 is 1.14 bits per heavy atom. The van der Waals surface area contributed by atoms with E-state index in [-0.39, 0.29) is 6.10 Å². The summed E-state index contributed by atoms with van der Waals surface area (Å²) in [6, 6.07) is 13.8. The predicted octanol–water partition coefficient (Wildman–Crippen LogP) is 3.87. The van der Waals surface area contributed by atoms with Gasteiger partial charge in [-0.3, -0.25) is 0 Å². The predicted molar refractivity (Wildman–Crippen MR) is 112 cm³/mol. The number of piperidine rings is 1. The molecule has 6 nitrogen and oxygen atoms in total. The number of methoxy groups -OCH3 is 1. The number of fused-ring (bicyclic) bond motifs is 1. The summed E-state index contributed by atoms with van der Waals surface area (Å²) in [4.78, 5) is 2.20. The molecular weight excluding hydrogens is 376 g/mol. The van der Waals surface area contributed by atoms with Crippen LogP contribution in [0.4, 0.5) is 11.6 Å². The summed E-state index contributed by atoms with van der Waals surface area (Å²) in [5.41, 5.74) is 1.04. The molecule has 0 amide bonds. The van der Waals surface area contributed by atoms with Crippen molar-refractivity contribution in [3.05, 3.63) is 53.1 Å². The van der Waals surface area contributed by atoms with E-state index in [1.165, 1.54) is 0 Å². The molecule has 3 aromatic rings. The van der Waals surface area contributed by atoms with Gasteiger partial charge in [-0.25, -0.2) is 0 Å². The van der Waals surface area contributed by atoms with E-state index >= 15 is 0 Å². The number of aromatic nitrogens is 2. The van der Waals surface area contributed by atoms with Crippen molar-refractivity contribution in [3.63, 3.8) is 0 Å². The lowest BCUT2D eigenvalue weighted by molar-refractivity contribution is 0.145. The van der Waals surface area contributed by atoms with E-state index in [0.717, 1.165) is 53.9 Å². The van der Waals surface area contributed by atoms with Crippen molar-refractivity contribution in [1.82, 2.24) is 10.2 Å². The zero-order chi connectivity index (χ0) is 19.5. The summed E-state index contributed by atoms with van der Waals surface area (Å²) >= 11 is 6.10. The van der Waals surface area contributed by atoms with Crippen molar-refractivity contribution in [1.29, 1.82) is 0 Å². The van der Waals surface area contributed by atoms with Crippen molar-refractivity contribution in [2.45, 2.75) is 25.5 Å². The van der Waals surface area contributed by atoms with Gasteiger partial charge < -0.3 is 20.1 Å². The highest BCUT2D eigenvalue weighted by Crippen LogP contribution is 2.31. The van der Waals surface area contributed by atoms with Crippen LogP contribution in [0.5, 0.6) is 5.75 Å². The van der Waals surface area contributed by atoms with Crippen LogP contribution in [-0.4, -0.2) is 41.6 Å². The minimum atomic E-state index is -0.215. The molecule has 0 spiro atoms. The van der Waals surface area contributed by atoms with Gasteiger partial charge in [0.1, 0.15) is 5.75 Å². The summed E-state index contributed by atoms with van der Waals surface area (Å²) < 4.78 is 5.29. The van der Waals surface area contributed by atoms with Crippen molar-refractivity contribution >= 4 is 34.0 Å². The normalized spacial score (nSPS) is 15.0. The molecule has 7 heteroatoms. The van der Waals surface area contributed by atoms with E-state index in [0.29, 0.717) is 17.3 Å². The van der Waals surface area contributed by atoms with E-state index in [1.807, 2.05) is 30.3 Å². The van der Waals surface area contributed by atoms with Crippen molar-refractivity contribution in [3.8, 4) is 5.75 Å². The number of halogens is 1. The Bertz CT molecular complexity index is 974. The Hall–Kier alpha value is -2.57. The van der Waals surface area contributed by atoms with Gasteiger partial charge in [0.05, 0.1) is 18.2 Å². The van der Waals surface area contributed by atoms with E-state index < -0.39 is 0 Å². The molecule has 0 atom stereocenters. The van der Waals surface area contributed by atoms with Gasteiger partial charge in [-0.2, -0.15) is 0 Å². The number of hydrogen-bond acceptors (Lipinski definition) is 6. The van der Waals surface area contributed by atoms with Gasteiger partial charge in [-0.05, 0) is 30.5 Å². The fourth-order valence-corrected chi connectivity index (χ4v) is 3.73. The zero-order valence-electron chi connectivity index (χ0n) is 15.7. The molecule has 1 saturated heterocycles. The molecule has 1 aliphatic heterocycles. The lowest BCUT2D eigenvalue weighted by atomic mass is 10.1. The third-order valence-electron chi connectivity index (χ3n) is 5.11. The third kappa shape index (κ3) is 3.84. The molecule has 0 radical (unpaired) electrons. The first kappa shape index (κ1) is 18.8. The van der Waals surface area contributed by atoms with Gasteiger partial charge in [-0.15, -0.1) is 10.2 Å². The second-order valence-corrected chi connectivity index (χ2v) is 7.37. The van der Waals surface area contributed by atoms with Crippen LogP contribution in [0.25, 0.3) is 10.8 Å². The van der Waals surface area contributed by atoms with E-state index in [2.05, 4.69) is 32.5 Å². The number of anilines is 2. The lowest BCUT2D eigenvalue weighted by Crippen LogP contribution is -2.36. The first-order valence-corrected chi connectivity index (χ1v) is 9.78. The molecule has 1 fully saturated rings. The number of rotatable bonds is 5. The molecular formula is C21H23ClN4O2. The Labute approximate surface area is 169 Å². The number of benzene rings is 2. The average molecular weight is 399 g/mol. The number of aliphatic hydroxyl groups is 1. The Kier molecular flexibility index (Phi) is 5.50. The second-order valence-electron chi connectivity index (χ2n) is 6.96. The van der Waals surface area contributed by atoms with Crippen LogP contribution in [0.2, 0.25) is 5.02 Å². The first-order chi connectivity index (χ1) is 13.7. The summed E-state index contributed by atoms with van der Waals surface area (Å²) in [6.07, 6.45) is 1.30. The van der Waals surface area contributed by atoms with Gasteiger partial charge in [0.25, 0.3) is 0 Å². The number of nitrogens with zero attached hydrogens (tertiary/aromatic N) is 3. The van der Waals surface area contributed by atoms with E-state index in [1.54, 1.807) is 7.11 Å². The fourth-order valence-electron chi connectivity index (χ4n) is 3.53. The Balaban J connectivity index is 1.59. The van der Waals surface area contributed by atoms with Crippen LogP contribution in [-0.2, 0) is 6.54 Å². The molecule has 2 N–H and O–H groups in total. The zero-order valence-corrected chi connectivity index (χ0v) is 16.5. The molecule has 0 bridgehead atoms. The van der Waals surface area contributed by atoms with Gasteiger partial charge >= 0.3 is 0 Å². The topological polar surface area (TPSA) is 70.5 Å². The summed E-state index contributed by atoms with van der Waals surface area (Å²) in [5.74, 6) is 2.27. The Morgan fingerprint density at radius 2 is 1.89 bits per heavy atom. The van der Waals surface area contributed by atoms with Crippen LogP contribution in [0.1, 0.15) is 18.4 Å². The summed E-state index contributed by atoms with van der Waals surface area (Å²) in [7, 11) is 1.61. The number of nitrogens with one attached hydrogen (secondary N) is 1. The van der Waals surface area contributed by atoms with Crippen LogP contribution in [0, 0.1) is 0 Å². The first-order valence-electron chi connectivity index (χ1n) is 9.40. The molecule has 1 aliphatic rings. The molecule has 1 aromatic heterocycles. The molecule has 2 aromatic carbocycles.